The quantitative estimate of drug-likeness (QED) is 0.506. The van der Waals surface area contributed by atoms with Crippen molar-refractivity contribution in [2.24, 2.45) is 0 Å². The van der Waals surface area contributed by atoms with E-state index in [1.54, 1.807) is 6.08 Å². The first-order valence-corrected chi connectivity index (χ1v) is 4.79. The van der Waals surface area contributed by atoms with E-state index >= 15 is 0 Å². The van der Waals surface area contributed by atoms with Gasteiger partial charge < -0.3 is 14.0 Å². The maximum atomic E-state index is 5.45. The van der Waals surface area contributed by atoms with Gasteiger partial charge in [0.1, 0.15) is 17.9 Å². The predicted molar refractivity (Wildman–Crippen MR) is 56.6 cm³/mol. The molecule has 0 saturated carbocycles. The molecule has 1 atom stereocenters. The van der Waals surface area contributed by atoms with Crippen LogP contribution in [0.5, 0.6) is 0 Å². The Morgan fingerprint density at radius 2 is 2.14 bits per heavy atom. The van der Waals surface area contributed by atoms with Crippen LogP contribution in [0.15, 0.2) is 24.5 Å². The van der Waals surface area contributed by atoms with Crippen LogP contribution < -0.4 is 0 Å². The number of ether oxygens (including phenoxy) is 2. The summed E-state index contributed by atoms with van der Waals surface area (Å²) in [6.07, 6.45) is 3.86. The summed E-state index contributed by atoms with van der Waals surface area (Å²) in [5, 5.41) is 0. The van der Waals surface area contributed by atoms with E-state index in [1.807, 2.05) is 6.92 Å². The largest absolute Gasteiger partial charge is 0.469 e. The lowest BCUT2D eigenvalue weighted by Gasteiger charge is -2.23. The zero-order chi connectivity index (χ0) is 10.8. The van der Waals surface area contributed by atoms with Crippen LogP contribution in [-0.4, -0.2) is 44.6 Å². The molecule has 0 unspecified atom stereocenters. The van der Waals surface area contributed by atoms with E-state index in [0.717, 1.165) is 16.8 Å². The summed E-state index contributed by atoms with van der Waals surface area (Å²) >= 11 is 0. The van der Waals surface area contributed by atoms with Gasteiger partial charge in [0.2, 0.25) is 0 Å². The van der Waals surface area contributed by atoms with Gasteiger partial charge in [-0.25, -0.2) is 0 Å². The van der Waals surface area contributed by atoms with Gasteiger partial charge in [0.25, 0.3) is 0 Å². The van der Waals surface area contributed by atoms with Crippen molar-refractivity contribution >= 4 is 0 Å². The van der Waals surface area contributed by atoms with Crippen molar-refractivity contribution in [1.29, 1.82) is 0 Å². The molecular weight excluding hydrogens is 178 g/mol. The second kappa shape index (κ2) is 3.75. The highest BCUT2D eigenvalue weighted by Gasteiger charge is 2.34. The molecule has 3 nitrogen and oxygen atoms in total. The molecule has 0 spiro atoms. The van der Waals surface area contributed by atoms with E-state index in [1.165, 1.54) is 0 Å². The van der Waals surface area contributed by atoms with Crippen molar-refractivity contribution in [3.8, 4) is 0 Å². The average molecular weight is 198 g/mol. The highest BCUT2D eigenvalue weighted by molar-refractivity contribution is 5.19. The zero-order valence-corrected chi connectivity index (χ0v) is 9.54. The van der Waals surface area contributed by atoms with Gasteiger partial charge in [0.15, 0.2) is 6.79 Å². The standard InChI is InChI=1S/C11H20NO2/c1-6-11(2)10(13-9-14-11)7-8-12(3,4)5/h6-7H,1,8-9H2,2-5H3/q+1/b10-7-/t11-/m1/s1. The van der Waals surface area contributed by atoms with Crippen molar-refractivity contribution in [3.05, 3.63) is 24.5 Å². The Balaban J connectivity index is 2.72. The van der Waals surface area contributed by atoms with Gasteiger partial charge in [-0.15, -0.1) is 0 Å². The molecule has 1 heterocycles. The Morgan fingerprint density at radius 3 is 2.64 bits per heavy atom. The summed E-state index contributed by atoms with van der Waals surface area (Å²) in [4.78, 5) is 0. The summed E-state index contributed by atoms with van der Waals surface area (Å²) in [5.74, 6) is 0.876. The first-order valence-electron chi connectivity index (χ1n) is 4.79. The fourth-order valence-electron chi connectivity index (χ4n) is 1.21. The molecule has 1 fully saturated rings. The van der Waals surface area contributed by atoms with Crippen LogP contribution in [0.3, 0.4) is 0 Å². The van der Waals surface area contributed by atoms with Crippen molar-refractivity contribution < 1.29 is 14.0 Å². The molecule has 0 radical (unpaired) electrons. The first kappa shape index (κ1) is 11.3. The lowest BCUT2D eigenvalue weighted by atomic mass is 10.0. The fraction of sp³-hybridized carbons (Fsp3) is 0.636. The predicted octanol–water partition coefficient (Wildman–Crippen LogP) is 1.53. The number of hydrogen-bond acceptors (Lipinski definition) is 2. The fourth-order valence-corrected chi connectivity index (χ4v) is 1.21. The van der Waals surface area contributed by atoms with Crippen LogP contribution in [0.2, 0.25) is 0 Å². The van der Waals surface area contributed by atoms with E-state index in [9.17, 15) is 0 Å². The minimum absolute atomic E-state index is 0.325. The van der Waals surface area contributed by atoms with Gasteiger partial charge >= 0.3 is 0 Å². The third-order valence-corrected chi connectivity index (χ3v) is 2.28. The van der Waals surface area contributed by atoms with Gasteiger partial charge in [0, 0.05) is 6.08 Å². The van der Waals surface area contributed by atoms with Gasteiger partial charge in [0.05, 0.1) is 21.1 Å². The highest BCUT2D eigenvalue weighted by atomic mass is 16.7. The van der Waals surface area contributed by atoms with Crippen molar-refractivity contribution in [2.45, 2.75) is 12.5 Å². The molecule has 14 heavy (non-hydrogen) atoms. The smallest absolute Gasteiger partial charge is 0.190 e. The van der Waals surface area contributed by atoms with Crippen LogP contribution in [0, 0.1) is 0 Å². The second-order valence-electron chi connectivity index (χ2n) is 4.76. The van der Waals surface area contributed by atoms with E-state index in [0.29, 0.717) is 6.79 Å². The molecule has 3 heteroatoms. The SMILES string of the molecule is C=C[C@@]1(C)OCO/C1=C\C[N+](C)(C)C. The Labute approximate surface area is 86.2 Å². The Morgan fingerprint density at radius 1 is 1.50 bits per heavy atom. The van der Waals surface area contributed by atoms with Crippen molar-refractivity contribution in [2.75, 3.05) is 34.5 Å². The van der Waals surface area contributed by atoms with Gasteiger partial charge in [-0.05, 0) is 6.92 Å². The Bertz CT molecular complexity index is 253. The molecule has 0 aromatic carbocycles. The summed E-state index contributed by atoms with van der Waals surface area (Å²) in [7, 11) is 6.41. The third-order valence-electron chi connectivity index (χ3n) is 2.28. The number of likely N-dealkylation sites (N-methyl/N-ethyl adjacent to an activating group) is 1. The van der Waals surface area contributed by atoms with Gasteiger partial charge in [-0.2, -0.15) is 0 Å². The third kappa shape index (κ3) is 2.59. The average Bonchev–Trinajstić information content (AvgIpc) is 2.43. The van der Waals surface area contributed by atoms with Crippen molar-refractivity contribution in [1.82, 2.24) is 0 Å². The minimum Gasteiger partial charge on any atom is -0.469 e. The van der Waals surface area contributed by atoms with E-state index in [-0.39, 0.29) is 0 Å². The highest BCUT2D eigenvalue weighted by Crippen LogP contribution is 2.29. The van der Waals surface area contributed by atoms with Crippen LogP contribution in [0.25, 0.3) is 0 Å². The second-order valence-corrected chi connectivity index (χ2v) is 4.76. The molecule has 1 aliphatic heterocycles. The molecule has 0 aromatic rings. The minimum atomic E-state index is -0.435. The first-order chi connectivity index (χ1) is 6.37. The molecule has 1 aliphatic rings. The normalized spacial score (nSPS) is 30.4. The number of nitrogens with zero attached hydrogens (tertiary/aromatic N) is 1. The molecule has 0 aromatic heterocycles. The lowest BCUT2D eigenvalue weighted by molar-refractivity contribution is -0.864. The Hall–Kier alpha value is -0.800. The van der Waals surface area contributed by atoms with E-state index < -0.39 is 5.60 Å². The van der Waals surface area contributed by atoms with Crippen LogP contribution in [0.4, 0.5) is 0 Å². The van der Waals surface area contributed by atoms with Crippen LogP contribution >= 0.6 is 0 Å². The molecule has 0 amide bonds. The van der Waals surface area contributed by atoms with Gasteiger partial charge in [-0.1, -0.05) is 12.7 Å². The molecule has 1 rings (SSSR count). The molecule has 1 saturated heterocycles. The van der Waals surface area contributed by atoms with E-state index in [2.05, 4.69) is 33.8 Å². The van der Waals surface area contributed by atoms with E-state index in [4.69, 9.17) is 9.47 Å². The Kier molecular flexibility index (Phi) is 3.02. The molecule has 0 aliphatic carbocycles. The van der Waals surface area contributed by atoms with Crippen molar-refractivity contribution in [3.63, 3.8) is 0 Å². The summed E-state index contributed by atoms with van der Waals surface area (Å²) in [5.41, 5.74) is -0.435. The van der Waals surface area contributed by atoms with Gasteiger partial charge in [-0.3, -0.25) is 0 Å². The number of rotatable bonds is 3. The molecule has 0 bridgehead atoms. The molecular formula is C11H20NO2+. The number of quaternary nitrogens is 1. The summed E-state index contributed by atoms with van der Waals surface area (Å²) in [6, 6.07) is 0. The number of hydrogen-bond donors (Lipinski definition) is 0. The monoisotopic (exact) mass is 198 g/mol. The molecule has 80 valence electrons. The summed E-state index contributed by atoms with van der Waals surface area (Å²) < 4.78 is 11.7. The van der Waals surface area contributed by atoms with Crippen LogP contribution in [0.1, 0.15) is 6.92 Å². The molecule has 0 N–H and O–H groups in total. The lowest BCUT2D eigenvalue weighted by Crippen LogP contribution is -2.35. The maximum Gasteiger partial charge on any atom is 0.190 e. The zero-order valence-electron chi connectivity index (χ0n) is 9.54. The maximum absolute atomic E-state index is 5.45. The topological polar surface area (TPSA) is 18.5 Å². The summed E-state index contributed by atoms with van der Waals surface area (Å²) in [6.45, 7) is 6.97. The van der Waals surface area contributed by atoms with Crippen LogP contribution in [-0.2, 0) is 9.47 Å².